The molecule has 7 atom stereocenters. The quantitative estimate of drug-likeness (QED) is 0.0263. The highest BCUT2D eigenvalue weighted by Gasteiger charge is 2.33. The second-order valence-electron chi connectivity index (χ2n) is 19.7. The highest BCUT2D eigenvalue weighted by molar-refractivity contribution is 5.96. The van der Waals surface area contributed by atoms with Crippen molar-refractivity contribution in [2.24, 2.45) is 40.3 Å². The Balaban J connectivity index is 3.61. The van der Waals surface area contributed by atoms with Crippen LogP contribution in [0, 0.1) is 5.92 Å². The highest BCUT2D eigenvalue weighted by atomic mass is 16.5. The van der Waals surface area contributed by atoms with E-state index in [1.54, 1.807) is 0 Å². The molecule has 75 heavy (non-hydrogen) atoms. The lowest BCUT2D eigenvalue weighted by atomic mass is 10.0. The normalized spacial score (nSPS) is 20.0. The summed E-state index contributed by atoms with van der Waals surface area (Å²) < 4.78 is 5.63. The van der Waals surface area contributed by atoms with Gasteiger partial charge in [0.1, 0.15) is 42.4 Å². The van der Waals surface area contributed by atoms with Gasteiger partial charge in [0.2, 0.25) is 53.2 Å². The van der Waals surface area contributed by atoms with Crippen molar-refractivity contribution in [2.45, 2.75) is 204 Å². The zero-order chi connectivity index (χ0) is 56.0. The SMILES string of the molecule is CC(C)CCC(=O)OC1CCC(=O)N[C@@H](CCCCN)C(=O)NCCCC[C@@H](C(=O)N[C@@H](CCCCN)C(=O)N[C@@H](CCCCN)C(=O)N[C@@H](CCCCN)C(N)=O)NC(=O)[C@H](CCCCN)NC(=O)CNC(=O)C1. The summed E-state index contributed by atoms with van der Waals surface area (Å²) in [5, 5.41) is 21.6. The Morgan fingerprint density at radius 1 is 0.573 bits per heavy atom. The van der Waals surface area contributed by atoms with E-state index in [0.29, 0.717) is 103 Å². The van der Waals surface area contributed by atoms with Crippen LogP contribution in [0.15, 0.2) is 0 Å². The first-order chi connectivity index (χ1) is 35.9. The van der Waals surface area contributed by atoms with Crippen molar-refractivity contribution < 1.29 is 52.7 Å². The summed E-state index contributed by atoms with van der Waals surface area (Å²) in [6, 6.07) is -6.82. The third-order valence-electron chi connectivity index (χ3n) is 12.6. The molecule has 1 heterocycles. The molecule has 25 nitrogen and oxygen atoms in total. The first kappa shape index (κ1) is 67.5. The van der Waals surface area contributed by atoms with E-state index in [1.165, 1.54) is 0 Å². The Hall–Kier alpha value is -5.50. The molecule has 1 aliphatic rings. The van der Waals surface area contributed by atoms with E-state index in [-0.39, 0.29) is 89.6 Å². The van der Waals surface area contributed by atoms with Crippen LogP contribution in [0.2, 0.25) is 0 Å². The molecule has 430 valence electrons. The van der Waals surface area contributed by atoms with Crippen LogP contribution in [-0.4, -0.2) is 147 Å². The van der Waals surface area contributed by atoms with E-state index in [9.17, 15) is 47.9 Å². The molecule has 0 aromatic heterocycles. The van der Waals surface area contributed by atoms with Gasteiger partial charge < -0.3 is 81.7 Å². The maximum atomic E-state index is 14.4. The van der Waals surface area contributed by atoms with Gasteiger partial charge in [-0.15, -0.1) is 0 Å². The number of unbranched alkanes of at least 4 members (excludes halogenated alkanes) is 5. The van der Waals surface area contributed by atoms with E-state index in [0.717, 1.165) is 0 Å². The third-order valence-corrected chi connectivity index (χ3v) is 12.6. The molecule has 25 heteroatoms. The van der Waals surface area contributed by atoms with Gasteiger partial charge >= 0.3 is 5.97 Å². The van der Waals surface area contributed by atoms with E-state index in [4.69, 9.17) is 39.1 Å². The number of amides is 9. The van der Waals surface area contributed by atoms with Crippen LogP contribution >= 0.6 is 0 Å². The van der Waals surface area contributed by atoms with Crippen molar-refractivity contribution in [3.8, 4) is 0 Å². The van der Waals surface area contributed by atoms with Crippen molar-refractivity contribution in [3.63, 3.8) is 0 Å². The first-order valence-electron chi connectivity index (χ1n) is 27.2. The molecular formula is C50H94N14O11. The molecular weight excluding hydrogens is 973 g/mol. The van der Waals surface area contributed by atoms with Gasteiger partial charge in [0, 0.05) is 19.4 Å². The molecule has 1 fully saturated rings. The largest absolute Gasteiger partial charge is 0.462 e. The second kappa shape index (κ2) is 40.8. The van der Waals surface area contributed by atoms with Gasteiger partial charge in [0.05, 0.1) is 13.0 Å². The number of rotatable bonds is 31. The van der Waals surface area contributed by atoms with Gasteiger partial charge in [0.15, 0.2) is 0 Å². The van der Waals surface area contributed by atoms with Crippen LogP contribution in [0.5, 0.6) is 0 Å². The number of nitrogens with two attached hydrogens (primary N) is 6. The van der Waals surface area contributed by atoms with Crippen molar-refractivity contribution in [1.82, 2.24) is 42.5 Å². The summed E-state index contributed by atoms with van der Waals surface area (Å²) >= 11 is 0. The topological polar surface area (TPSA) is 432 Å². The molecule has 1 unspecified atom stereocenters. The second-order valence-corrected chi connectivity index (χ2v) is 19.7. The van der Waals surface area contributed by atoms with Crippen molar-refractivity contribution in [2.75, 3.05) is 45.8 Å². The van der Waals surface area contributed by atoms with Crippen LogP contribution in [0.3, 0.4) is 0 Å². The Morgan fingerprint density at radius 2 is 1.08 bits per heavy atom. The van der Waals surface area contributed by atoms with Crippen LogP contribution in [0.1, 0.15) is 162 Å². The molecule has 0 radical (unpaired) electrons. The fraction of sp³-hybridized carbons (Fsp3) is 0.800. The Labute approximate surface area is 443 Å². The number of esters is 1. The lowest BCUT2D eigenvalue weighted by molar-refractivity contribution is -0.152. The number of ether oxygens (including phenoxy) is 1. The maximum absolute atomic E-state index is 14.4. The van der Waals surface area contributed by atoms with Crippen LogP contribution in [-0.2, 0) is 52.7 Å². The minimum Gasteiger partial charge on any atom is -0.462 e. The summed E-state index contributed by atoms with van der Waals surface area (Å²) in [7, 11) is 0. The number of carbonyl (C=O) groups is 10. The molecule has 1 rings (SSSR count). The maximum Gasteiger partial charge on any atom is 0.306 e. The zero-order valence-corrected chi connectivity index (χ0v) is 44.8. The van der Waals surface area contributed by atoms with Gasteiger partial charge in [-0.3, -0.25) is 47.9 Å². The van der Waals surface area contributed by atoms with Gasteiger partial charge in [-0.25, -0.2) is 0 Å². The lowest BCUT2D eigenvalue weighted by Gasteiger charge is -2.27. The Kier molecular flexibility index (Phi) is 36.7. The molecule has 0 aromatic carbocycles. The van der Waals surface area contributed by atoms with Crippen LogP contribution < -0.4 is 76.9 Å². The summed E-state index contributed by atoms with van der Waals surface area (Å²) in [4.78, 5) is 135. The smallest absolute Gasteiger partial charge is 0.306 e. The molecule has 0 aromatic rings. The number of carbonyl (C=O) groups excluding carboxylic acids is 10. The first-order valence-corrected chi connectivity index (χ1v) is 27.2. The fourth-order valence-electron chi connectivity index (χ4n) is 8.11. The predicted octanol–water partition coefficient (Wildman–Crippen LogP) is -2.04. The van der Waals surface area contributed by atoms with E-state index in [2.05, 4.69) is 42.5 Å². The van der Waals surface area contributed by atoms with Crippen molar-refractivity contribution in [1.29, 1.82) is 0 Å². The van der Waals surface area contributed by atoms with Crippen molar-refractivity contribution in [3.05, 3.63) is 0 Å². The lowest BCUT2D eigenvalue weighted by Crippen LogP contribution is -2.59. The number of hydrogen-bond acceptors (Lipinski definition) is 16. The zero-order valence-electron chi connectivity index (χ0n) is 44.8. The predicted molar refractivity (Wildman–Crippen MR) is 283 cm³/mol. The standard InChI is InChI=1S/C50H94N14O11/c1-33(2)21-24-44(68)75-34-22-23-41(65)59-36(16-4-10-26-52)46(70)57-30-14-8-20-40(62-47(71)37(17-5-11-27-53)60-43(67)32-58-42(66)31-34)50(74)64-39(19-7-13-29-55)49(73)63-38(18-6-12-28-54)48(72)61-35(45(56)69)15-3-9-25-51/h33-40H,3-32,51-55H2,1-2H3,(H2,56,69)(H,57,70)(H,58,66)(H,59,65)(H,60,67)(H,61,72)(H,62,71)(H,63,73)(H,64,74)/t34?,35-,36-,37-,38-,39-,40-/m0/s1. The molecule has 0 spiro atoms. The molecule has 9 amide bonds. The number of nitrogens with one attached hydrogen (secondary N) is 8. The van der Waals surface area contributed by atoms with Gasteiger partial charge in [-0.1, -0.05) is 13.8 Å². The summed E-state index contributed by atoms with van der Waals surface area (Å²) in [5.41, 5.74) is 34.2. The van der Waals surface area contributed by atoms with E-state index < -0.39 is 108 Å². The summed E-state index contributed by atoms with van der Waals surface area (Å²) in [6.07, 6.45) is 5.40. The Bertz CT molecular complexity index is 1760. The van der Waals surface area contributed by atoms with Crippen molar-refractivity contribution >= 4 is 59.1 Å². The monoisotopic (exact) mass is 1070 g/mol. The molecule has 0 aliphatic carbocycles. The van der Waals surface area contributed by atoms with Gasteiger partial charge in [-0.05, 0) is 167 Å². The molecule has 0 bridgehead atoms. The molecule has 0 saturated carbocycles. The average molecular weight is 1070 g/mol. The fourth-order valence-corrected chi connectivity index (χ4v) is 8.11. The number of primary amides is 1. The minimum absolute atomic E-state index is 0.00671. The molecule has 1 aliphatic heterocycles. The van der Waals surface area contributed by atoms with E-state index >= 15 is 0 Å². The highest BCUT2D eigenvalue weighted by Crippen LogP contribution is 2.14. The Morgan fingerprint density at radius 3 is 1.63 bits per heavy atom. The van der Waals surface area contributed by atoms with Crippen LogP contribution in [0.4, 0.5) is 0 Å². The third kappa shape index (κ3) is 31.2. The summed E-state index contributed by atoms with van der Waals surface area (Å²) in [5.74, 6) is -6.34. The van der Waals surface area contributed by atoms with Gasteiger partial charge in [-0.2, -0.15) is 0 Å². The van der Waals surface area contributed by atoms with Crippen LogP contribution in [0.25, 0.3) is 0 Å². The van der Waals surface area contributed by atoms with Gasteiger partial charge in [0.25, 0.3) is 0 Å². The number of hydrogen-bond donors (Lipinski definition) is 14. The van der Waals surface area contributed by atoms with E-state index in [1.807, 2.05) is 13.8 Å². The minimum atomic E-state index is -1.29. The molecule has 20 N–H and O–H groups in total. The summed E-state index contributed by atoms with van der Waals surface area (Å²) in [6.45, 7) is 5.09. The average Bonchev–Trinajstić information content (AvgIpc) is 3.36. The molecule has 1 saturated heterocycles.